The van der Waals surface area contributed by atoms with Gasteiger partial charge in [0.25, 0.3) is 0 Å². The fraction of sp³-hybridized carbons (Fsp3) is 0.529. The third-order valence-electron chi connectivity index (χ3n) is 3.77. The summed E-state index contributed by atoms with van der Waals surface area (Å²) in [5.41, 5.74) is 0.429. The molecule has 1 aromatic carbocycles. The van der Waals surface area contributed by atoms with Gasteiger partial charge in [-0.2, -0.15) is 13.2 Å². The molecule has 7 heteroatoms. The van der Waals surface area contributed by atoms with Gasteiger partial charge in [0.15, 0.2) is 5.78 Å². The molecule has 0 saturated heterocycles. The second-order valence-electron chi connectivity index (χ2n) is 7.21. The zero-order valence-corrected chi connectivity index (χ0v) is 13.6. The number of carboxylic acids is 1. The maximum Gasteiger partial charge on any atom is 0.426 e. The largest absolute Gasteiger partial charge is 0.481 e. The van der Waals surface area contributed by atoms with Gasteiger partial charge in [0, 0.05) is 12.0 Å². The summed E-state index contributed by atoms with van der Waals surface area (Å²) < 4.78 is 43.9. The van der Waals surface area contributed by atoms with Crippen LogP contribution in [0.25, 0.3) is 0 Å². The van der Waals surface area contributed by atoms with E-state index >= 15 is 0 Å². The van der Waals surface area contributed by atoms with Gasteiger partial charge >= 0.3 is 12.1 Å². The molecule has 0 bridgehead atoms. The predicted octanol–water partition coefficient (Wildman–Crippen LogP) is 3.87. The first-order valence-electron chi connectivity index (χ1n) is 7.51. The standard InChI is InChI=1S/C17H19F3O4/c1-16(2,3)8-12(21)9-4-5-13-10(6-9)7-11(15(22)23)14(24-13)17(18,19)20/h4-6,11,14H,7-8H2,1-3H3,(H,22,23)/t11-,14+/m1/s1. The molecule has 24 heavy (non-hydrogen) atoms. The number of benzene rings is 1. The van der Waals surface area contributed by atoms with E-state index in [1.165, 1.54) is 18.2 Å². The minimum absolute atomic E-state index is 0.0258. The first-order chi connectivity index (χ1) is 10.9. The molecule has 1 aliphatic rings. The zero-order valence-electron chi connectivity index (χ0n) is 13.6. The molecule has 132 valence electrons. The van der Waals surface area contributed by atoms with E-state index in [2.05, 4.69) is 0 Å². The van der Waals surface area contributed by atoms with Crippen molar-refractivity contribution in [3.8, 4) is 5.75 Å². The summed E-state index contributed by atoms with van der Waals surface area (Å²) in [7, 11) is 0. The Balaban J connectivity index is 2.33. The van der Waals surface area contributed by atoms with Crippen molar-refractivity contribution in [2.45, 2.75) is 45.9 Å². The van der Waals surface area contributed by atoms with Crippen LogP contribution in [-0.2, 0) is 11.2 Å². The van der Waals surface area contributed by atoms with E-state index in [9.17, 15) is 22.8 Å². The van der Waals surface area contributed by atoms with E-state index in [-0.39, 0.29) is 29.8 Å². The van der Waals surface area contributed by atoms with Gasteiger partial charge in [0.05, 0.1) is 0 Å². The number of fused-ring (bicyclic) bond motifs is 1. The Bertz CT molecular complexity index is 659. The number of ether oxygens (including phenoxy) is 1. The highest BCUT2D eigenvalue weighted by atomic mass is 19.4. The Morgan fingerprint density at radius 2 is 1.88 bits per heavy atom. The first-order valence-corrected chi connectivity index (χ1v) is 7.51. The maximum atomic E-state index is 13.0. The third kappa shape index (κ3) is 4.07. The summed E-state index contributed by atoms with van der Waals surface area (Å²) in [6, 6.07) is 4.16. The van der Waals surface area contributed by atoms with Crippen LogP contribution < -0.4 is 4.74 Å². The van der Waals surface area contributed by atoms with Crippen LogP contribution in [0.2, 0.25) is 0 Å². The summed E-state index contributed by atoms with van der Waals surface area (Å²) in [6.07, 6.45) is -7.22. The maximum absolute atomic E-state index is 13.0. The lowest BCUT2D eigenvalue weighted by atomic mass is 9.85. The van der Waals surface area contributed by atoms with Crippen LogP contribution in [-0.4, -0.2) is 29.1 Å². The highest BCUT2D eigenvalue weighted by Gasteiger charge is 2.52. The number of ketones is 1. The molecule has 1 aliphatic heterocycles. The molecule has 1 heterocycles. The van der Waals surface area contributed by atoms with Crippen LogP contribution in [0.5, 0.6) is 5.75 Å². The summed E-state index contributed by atoms with van der Waals surface area (Å²) in [6.45, 7) is 5.71. The van der Waals surface area contributed by atoms with Gasteiger partial charge in [0.1, 0.15) is 11.7 Å². The summed E-state index contributed by atoms with van der Waals surface area (Å²) in [5.74, 6) is -3.47. The van der Waals surface area contributed by atoms with Crippen LogP contribution in [0.3, 0.4) is 0 Å². The van der Waals surface area contributed by atoms with Gasteiger partial charge in [-0.15, -0.1) is 0 Å². The number of rotatable bonds is 3. The Hall–Kier alpha value is -2.05. The third-order valence-corrected chi connectivity index (χ3v) is 3.77. The van der Waals surface area contributed by atoms with Crippen LogP contribution in [0.15, 0.2) is 18.2 Å². The predicted molar refractivity (Wildman–Crippen MR) is 80.1 cm³/mol. The number of halogens is 3. The summed E-state index contributed by atoms with van der Waals surface area (Å²) in [4.78, 5) is 23.4. The molecule has 0 unspecified atom stereocenters. The van der Waals surface area contributed by atoms with E-state index in [4.69, 9.17) is 9.84 Å². The van der Waals surface area contributed by atoms with Crippen molar-refractivity contribution in [2.75, 3.05) is 0 Å². The fourth-order valence-corrected chi connectivity index (χ4v) is 2.69. The van der Waals surface area contributed by atoms with Gasteiger partial charge in [-0.1, -0.05) is 20.8 Å². The lowest BCUT2D eigenvalue weighted by Gasteiger charge is -2.32. The van der Waals surface area contributed by atoms with E-state index in [1.807, 2.05) is 20.8 Å². The number of hydrogen-bond acceptors (Lipinski definition) is 3. The molecule has 0 saturated carbocycles. The molecule has 0 fully saturated rings. The van der Waals surface area contributed by atoms with E-state index in [1.54, 1.807) is 0 Å². The van der Waals surface area contributed by atoms with E-state index < -0.39 is 24.2 Å². The van der Waals surface area contributed by atoms with Crippen molar-refractivity contribution in [2.24, 2.45) is 11.3 Å². The number of alkyl halides is 3. The molecule has 0 spiro atoms. The number of hydrogen-bond donors (Lipinski definition) is 1. The van der Waals surface area contributed by atoms with Gasteiger partial charge in [-0.3, -0.25) is 9.59 Å². The summed E-state index contributed by atoms with van der Waals surface area (Å²) >= 11 is 0. The van der Waals surface area contributed by atoms with Crippen molar-refractivity contribution in [3.63, 3.8) is 0 Å². The second kappa shape index (κ2) is 6.11. The molecule has 0 aliphatic carbocycles. The highest BCUT2D eigenvalue weighted by Crippen LogP contribution is 2.39. The molecule has 2 atom stereocenters. The van der Waals surface area contributed by atoms with Crippen LogP contribution in [0.1, 0.15) is 43.1 Å². The molecule has 0 radical (unpaired) electrons. The van der Waals surface area contributed by atoms with Crippen LogP contribution in [0, 0.1) is 11.3 Å². The van der Waals surface area contributed by atoms with Crippen LogP contribution >= 0.6 is 0 Å². The topological polar surface area (TPSA) is 63.6 Å². The minimum atomic E-state index is -4.78. The number of carbonyl (C=O) groups excluding carboxylic acids is 1. The summed E-state index contributed by atoms with van der Waals surface area (Å²) in [5, 5.41) is 9.08. The number of Topliss-reactive ketones (excluding diaryl/α,β-unsaturated/α-hetero) is 1. The molecular formula is C17H19F3O4. The van der Waals surface area contributed by atoms with Crippen molar-refractivity contribution in [1.29, 1.82) is 0 Å². The van der Waals surface area contributed by atoms with Crippen molar-refractivity contribution in [1.82, 2.24) is 0 Å². The second-order valence-corrected chi connectivity index (χ2v) is 7.21. The van der Waals surface area contributed by atoms with Gasteiger partial charge in [-0.25, -0.2) is 0 Å². The number of aliphatic carboxylic acids is 1. The average molecular weight is 344 g/mol. The molecule has 4 nitrogen and oxygen atoms in total. The van der Waals surface area contributed by atoms with Gasteiger partial charge < -0.3 is 9.84 Å². The van der Waals surface area contributed by atoms with E-state index in [0.29, 0.717) is 11.1 Å². The molecule has 1 aromatic rings. The van der Waals surface area contributed by atoms with Crippen molar-refractivity contribution in [3.05, 3.63) is 29.3 Å². The van der Waals surface area contributed by atoms with Crippen molar-refractivity contribution < 1.29 is 32.6 Å². The lowest BCUT2D eigenvalue weighted by Crippen LogP contribution is -2.47. The average Bonchev–Trinajstić information content (AvgIpc) is 2.42. The molecule has 2 rings (SSSR count). The van der Waals surface area contributed by atoms with Gasteiger partial charge in [0.2, 0.25) is 6.10 Å². The Morgan fingerprint density at radius 3 is 2.38 bits per heavy atom. The normalized spacial score (nSPS) is 20.9. The van der Waals surface area contributed by atoms with Gasteiger partial charge in [-0.05, 0) is 35.6 Å². The SMILES string of the molecule is CC(C)(C)CC(=O)c1ccc2c(c1)C[C@@H](C(=O)O)[C@@H](C(F)(F)F)O2. The van der Waals surface area contributed by atoms with Crippen molar-refractivity contribution >= 4 is 11.8 Å². The molecule has 1 N–H and O–H groups in total. The Labute approximate surface area is 137 Å². The first kappa shape index (κ1) is 18.3. The zero-order chi connectivity index (χ0) is 18.3. The number of carboxylic acid groups (broad SMARTS) is 1. The quantitative estimate of drug-likeness (QED) is 0.846. The Kier molecular flexibility index (Phi) is 4.65. The minimum Gasteiger partial charge on any atom is -0.481 e. The van der Waals surface area contributed by atoms with Crippen LogP contribution in [0.4, 0.5) is 13.2 Å². The highest BCUT2D eigenvalue weighted by molar-refractivity contribution is 5.96. The smallest absolute Gasteiger partial charge is 0.426 e. The van der Waals surface area contributed by atoms with E-state index in [0.717, 1.165) is 0 Å². The molecular weight excluding hydrogens is 325 g/mol. The number of carbonyl (C=O) groups is 2. The Morgan fingerprint density at radius 1 is 1.25 bits per heavy atom. The lowest BCUT2D eigenvalue weighted by molar-refractivity contribution is -0.217. The monoisotopic (exact) mass is 344 g/mol. The molecule has 0 aromatic heterocycles. The fourth-order valence-electron chi connectivity index (χ4n) is 2.69. The molecule has 0 amide bonds.